The summed E-state index contributed by atoms with van der Waals surface area (Å²) in [6, 6.07) is 6.91. The Morgan fingerprint density at radius 1 is 1.27 bits per heavy atom. The first-order chi connectivity index (χ1) is 10.7. The Morgan fingerprint density at radius 3 is 2.91 bits per heavy atom. The van der Waals surface area contributed by atoms with Gasteiger partial charge in [-0.2, -0.15) is 0 Å². The molecular weight excluding hydrogens is 278 g/mol. The van der Waals surface area contributed by atoms with E-state index in [-0.39, 0.29) is 11.7 Å². The molecule has 0 saturated carbocycles. The number of Topliss-reactive ketones (excluding diaryl/α,β-unsaturated/α-hetero) is 1. The van der Waals surface area contributed by atoms with E-state index in [0.717, 1.165) is 32.1 Å². The van der Waals surface area contributed by atoms with Crippen molar-refractivity contribution in [1.82, 2.24) is 5.32 Å². The number of ether oxygens (including phenoxy) is 1. The number of carbonyl (C=O) groups excluding carboxylic acids is 2. The Balaban J connectivity index is 2.06. The van der Waals surface area contributed by atoms with Gasteiger partial charge >= 0.3 is 0 Å². The number of carbonyl (C=O) groups is 2. The van der Waals surface area contributed by atoms with E-state index in [1.807, 2.05) is 18.2 Å². The van der Waals surface area contributed by atoms with Crippen LogP contribution < -0.4 is 10.1 Å². The smallest absolute Gasteiger partial charge is 0.220 e. The molecule has 0 radical (unpaired) electrons. The molecule has 2 rings (SSSR count). The third kappa shape index (κ3) is 4.58. The second-order valence-electron chi connectivity index (χ2n) is 5.78. The molecule has 0 bridgehead atoms. The van der Waals surface area contributed by atoms with Crippen LogP contribution in [0.5, 0.6) is 5.75 Å². The molecule has 1 saturated heterocycles. The third-order valence-electron chi connectivity index (χ3n) is 3.96. The fourth-order valence-corrected chi connectivity index (χ4v) is 2.69. The lowest BCUT2D eigenvalue weighted by Crippen LogP contribution is -2.39. The van der Waals surface area contributed by atoms with E-state index >= 15 is 0 Å². The third-order valence-corrected chi connectivity index (χ3v) is 3.96. The maximum Gasteiger partial charge on any atom is 0.220 e. The molecule has 22 heavy (non-hydrogen) atoms. The monoisotopic (exact) mass is 303 g/mol. The van der Waals surface area contributed by atoms with Gasteiger partial charge in [-0.1, -0.05) is 38.3 Å². The maximum absolute atomic E-state index is 12.7. The van der Waals surface area contributed by atoms with Crippen LogP contribution >= 0.6 is 0 Å². The SMILES string of the molecule is CCCCCOc1ccccc1C(=O)C1CCCCC(=O)N1. The van der Waals surface area contributed by atoms with Crippen LogP contribution in [-0.2, 0) is 4.79 Å². The molecule has 0 aromatic heterocycles. The second-order valence-corrected chi connectivity index (χ2v) is 5.78. The van der Waals surface area contributed by atoms with Crippen molar-refractivity contribution in [2.24, 2.45) is 0 Å². The highest BCUT2D eigenvalue weighted by molar-refractivity contribution is 6.04. The molecule has 1 fully saturated rings. The molecule has 4 heteroatoms. The highest BCUT2D eigenvalue weighted by Crippen LogP contribution is 2.22. The number of hydrogen-bond acceptors (Lipinski definition) is 3. The Hall–Kier alpha value is -1.84. The van der Waals surface area contributed by atoms with E-state index < -0.39 is 6.04 Å². The zero-order chi connectivity index (χ0) is 15.8. The summed E-state index contributed by atoms with van der Waals surface area (Å²) in [4.78, 5) is 24.4. The molecule has 1 unspecified atom stereocenters. The fraction of sp³-hybridized carbons (Fsp3) is 0.556. The summed E-state index contributed by atoms with van der Waals surface area (Å²) in [5.74, 6) is 0.556. The van der Waals surface area contributed by atoms with E-state index in [0.29, 0.717) is 30.8 Å². The molecule has 1 aromatic rings. The van der Waals surface area contributed by atoms with Crippen molar-refractivity contribution in [3.63, 3.8) is 0 Å². The average molecular weight is 303 g/mol. The lowest BCUT2D eigenvalue weighted by atomic mass is 9.99. The Bertz CT molecular complexity index is 513. The van der Waals surface area contributed by atoms with Gasteiger partial charge in [0.05, 0.1) is 18.2 Å². The van der Waals surface area contributed by atoms with E-state index in [9.17, 15) is 9.59 Å². The topological polar surface area (TPSA) is 55.4 Å². The van der Waals surface area contributed by atoms with Gasteiger partial charge in [-0.05, 0) is 31.4 Å². The number of para-hydroxylation sites is 1. The number of rotatable bonds is 7. The van der Waals surface area contributed by atoms with E-state index in [1.165, 1.54) is 0 Å². The number of nitrogens with one attached hydrogen (secondary N) is 1. The van der Waals surface area contributed by atoms with Gasteiger partial charge in [0.1, 0.15) is 5.75 Å². The Labute approximate surface area is 132 Å². The van der Waals surface area contributed by atoms with Crippen molar-refractivity contribution in [1.29, 1.82) is 0 Å². The molecule has 120 valence electrons. The molecular formula is C18H25NO3. The summed E-state index contributed by atoms with van der Waals surface area (Å²) >= 11 is 0. The molecule has 1 heterocycles. The molecule has 4 nitrogen and oxygen atoms in total. The highest BCUT2D eigenvalue weighted by atomic mass is 16.5. The number of amides is 1. The van der Waals surface area contributed by atoms with Gasteiger partial charge in [-0.3, -0.25) is 9.59 Å². The summed E-state index contributed by atoms with van der Waals surface area (Å²) in [5.41, 5.74) is 0.575. The van der Waals surface area contributed by atoms with Gasteiger partial charge in [0.2, 0.25) is 5.91 Å². The normalized spacial score (nSPS) is 18.4. The zero-order valence-electron chi connectivity index (χ0n) is 13.3. The van der Waals surface area contributed by atoms with Crippen LogP contribution in [0.2, 0.25) is 0 Å². The van der Waals surface area contributed by atoms with Gasteiger partial charge < -0.3 is 10.1 Å². The fourth-order valence-electron chi connectivity index (χ4n) is 2.69. The molecule has 0 spiro atoms. The van der Waals surface area contributed by atoms with Gasteiger partial charge in [0.15, 0.2) is 5.78 Å². The van der Waals surface area contributed by atoms with Crippen LogP contribution in [-0.4, -0.2) is 24.3 Å². The van der Waals surface area contributed by atoms with Crippen molar-refractivity contribution < 1.29 is 14.3 Å². The van der Waals surface area contributed by atoms with Crippen LogP contribution in [0.1, 0.15) is 62.2 Å². The van der Waals surface area contributed by atoms with Crippen LogP contribution in [0.4, 0.5) is 0 Å². The van der Waals surface area contributed by atoms with E-state index in [4.69, 9.17) is 4.74 Å². The predicted octanol–water partition coefficient (Wildman–Crippen LogP) is 3.50. The largest absolute Gasteiger partial charge is 0.493 e. The summed E-state index contributed by atoms with van der Waals surface area (Å²) in [6.07, 6.45) is 6.21. The summed E-state index contributed by atoms with van der Waals surface area (Å²) < 4.78 is 5.78. The first-order valence-electron chi connectivity index (χ1n) is 8.27. The zero-order valence-corrected chi connectivity index (χ0v) is 13.3. The van der Waals surface area contributed by atoms with E-state index in [1.54, 1.807) is 6.07 Å². The number of unbranched alkanes of at least 4 members (excludes halogenated alkanes) is 2. The first kappa shape index (κ1) is 16.5. The standard InChI is InChI=1S/C18H25NO3/c1-2-3-8-13-22-16-11-6-4-9-14(16)18(21)15-10-5-7-12-17(20)19-15/h4,6,9,11,15H,2-3,5,7-8,10,12-13H2,1H3,(H,19,20). The van der Waals surface area contributed by atoms with Crippen LogP contribution in [0, 0.1) is 0 Å². The Kier molecular flexibility index (Phi) is 6.44. The molecule has 1 N–H and O–H groups in total. The summed E-state index contributed by atoms with van der Waals surface area (Å²) in [6.45, 7) is 2.77. The van der Waals surface area contributed by atoms with Crippen molar-refractivity contribution in [2.45, 2.75) is 57.9 Å². The lowest BCUT2D eigenvalue weighted by Gasteiger charge is -2.17. The predicted molar refractivity (Wildman–Crippen MR) is 86.2 cm³/mol. The highest BCUT2D eigenvalue weighted by Gasteiger charge is 2.26. The summed E-state index contributed by atoms with van der Waals surface area (Å²) in [5, 5.41) is 2.84. The van der Waals surface area contributed by atoms with Gasteiger partial charge in [-0.25, -0.2) is 0 Å². The van der Waals surface area contributed by atoms with Crippen LogP contribution in [0.15, 0.2) is 24.3 Å². The van der Waals surface area contributed by atoms with E-state index in [2.05, 4.69) is 12.2 Å². The second kappa shape index (κ2) is 8.57. The minimum absolute atomic E-state index is 0.0304. The minimum atomic E-state index is -0.421. The van der Waals surface area contributed by atoms with Crippen molar-refractivity contribution in [3.8, 4) is 5.75 Å². The van der Waals surface area contributed by atoms with Crippen molar-refractivity contribution >= 4 is 11.7 Å². The van der Waals surface area contributed by atoms with Crippen LogP contribution in [0.3, 0.4) is 0 Å². The number of hydrogen-bond donors (Lipinski definition) is 1. The average Bonchev–Trinajstić information content (AvgIpc) is 2.76. The Morgan fingerprint density at radius 2 is 2.09 bits per heavy atom. The van der Waals surface area contributed by atoms with Crippen LogP contribution in [0.25, 0.3) is 0 Å². The van der Waals surface area contributed by atoms with Crippen molar-refractivity contribution in [2.75, 3.05) is 6.61 Å². The molecule has 0 aliphatic carbocycles. The molecule has 1 aliphatic heterocycles. The van der Waals surface area contributed by atoms with Gasteiger partial charge in [-0.15, -0.1) is 0 Å². The number of ketones is 1. The number of benzene rings is 1. The summed E-state index contributed by atoms with van der Waals surface area (Å²) in [7, 11) is 0. The molecule has 1 aromatic carbocycles. The van der Waals surface area contributed by atoms with Gasteiger partial charge in [0.25, 0.3) is 0 Å². The molecule has 1 amide bonds. The molecule has 1 aliphatic rings. The van der Waals surface area contributed by atoms with Crippen molar-refractivity contribution in [3.05, 3.63) is 29.8 Å². The van der Waals surface area contributed by atoms with Gasteiger partial charge in [0, 0.05) is 6.42 Å². The minimum Gasteiger partial charge on any atom is -0.493 e. The first-order valence-corrected chi connectivity index (χ1v) is 8.27. The lowest BCUT2D eigenvalue weighted by molar-refractivity contribution is -0.121. The maximum atomic E-state index is 12.7. The quantitative estimate of drug-likeness (QED) is 0.619. The molecule has 1 atom stereocenters.